The van der Waals surface area contributed by atoms with Gasteiger partial charge in [-0.25, -0.2) is 0 Å². The monoisotopic (exact) mass is 270 g/mol. The molecule has 0 bridgehead atoms. The van der Waals surface area contributed by atoms with Gasteiger partial charge in [0.25, 0.3) is 0 Å². The summed E-state index contributed by atoms with van der Waals surface area (Å²) in [6, 6.07) is 3.25. The highest BCUT2D eigenvalue weighted by Gasteiger charge is 2.13. The van der Waals surface area contributed by atoms with Gasteiger partial charge >= 0.3 is 0 Å². The van der Waals surface area contributed by atoms with E-state index in [1.54, 1.807) is 12.1 Å². The van der Waals surface area contributed by atoms with Crippen LogP contribution in [0.15, 0.2) is 12.1 Å². The van der Waals surface area contributed by atoms with E-state index in [1.165, 1.54) is 7.11 Å². The number of alkyl halides is 1. The predicted molar refractivity (Wildman–Crippen MR) is 61.2 cm³/mol. The normalized spacial score (nSPS) is 9.80. The molecule has 1 aromatic carbocycles. The summed E-state index contributed by atoms with van der Waals surface area (Å²) in [5.41, 5.74) is 1.63. The Morgan fingerprint density at radius 2 is 2.20 bits per heavy atom. The van der Waals surface area contributed by atoms with Gasteiger partial charge in [-0.05, 0) is 24.6 Å². The number of methoxy groups -OCH3 is 1. The first kappa shape index (κ1) is 11.9. The quantitative estimate of drug-likeness (QED) is 0.479. The van der Waals surface area contributed by atoms with Crippen LogP contribution in [0.5, 0.6) is 5.75 Å². The third-order valence-electron chi connectivity index (χ3n) is 2.12. The highest BCUT2D eigenvalue weighted by molar-refractivity contribution is 9.09. The predicted octanol–water partition coefficient (Wildman–Crippen LogP) is 2.39. The Morgan fingerprint density at radius 1 is 1.53 bits per heavy atom. The topological polar surface area (TPSA) is 43.4 Å². The second-order valence-corrected chi connectivity index (χ2v) is 3.64. The van der Waals surface area contributed by atoms with Gasteiger partial charge in [-0.1, -0.05) is 15.9 Å². The fourth-order valence-corrected chi connectivity index (χ4v) is 1.64. The van der Waals surface area contributed by atoms with Crippen LogP contribution in [0.2, 0.25) is 0 Å². The van der Waals surface area contributed by atoms with Gasteiger partial charge in [0.1, 0.15) is 5.75 Å². The minimum Gasteiger partial charge on any atom is -0.496 e. The molecule has 15 heavy (non-hydrogen) atoms. The number of halogens is 1. The zero-order chi connectivity index (χ0) is 11.4. The van der Waals surface area contributed by atoms with Crippen molar-refractivity contribution in [3.8, 4) is 5.75 Å². The summed E-state index contributed by atoms with van der Waals surface area (Å²) in [5.74, 6) is 0.486. The van der Waals surface area contributed by atoms with Gasteiger partial charge in [0, 0.05) is 11.1 Å². The largest absolute Gasteiger partial charge is 0.496 e. The molecule has 0 aromatic heterocycles. The van der Waals surface area contributed by atoms with Crippen molar-refractivity contribution in [3.05, 3.63) is 28.8 Å². The number of carbonyl (C=O) groups is 2. The number of carbonyl (C=O) groups excluding carboxylic acids is 2. The van der Waals surface area contributed by atoms with E-state index in [1.807, 2.05) is 6.92 Å². The summed E-state index contributed by atoms with van der Waals surface area (Å²) in [6.45, 7) is 1.83. The lowest BCUT2D eigenvalue weighted by atomic mass is 10.0. The maximum atomic E-state index is 11.5. The number of benzene rings is 1. The van der Waals surface area contributed by atoms with Crippen LogP contribution in [0.4, 0.5) is 0 Å². The summed E-state index contributed by atoms with van der Waals surface area (Å²) >= 11 is 3.07. The van der Waals surface area contributed by atoms with Crippen LogP contribution in [-0.2, 0) is 0 Å². The van der Waals surface area contributed by atoms with Gasteiger partial charge in [-0.15, -0.1) is 0 Å². The molecule has 0 saturated heterocycles. The highest BCUT2D eigenvalue weighted by atomic mass is 79.9. The molecule has 0 aliphatic heterocycles. The Kier molecular flexibility index (Phi) is 4.03. The van der Waals surface area contributed by atoms with Crippen LogP contribution in [0.1, 0.15) is 26.3 Å². The van der Waals surface area contributed by atoms with E-state index in [0.717, 1.165) is 5.56 Å². The fraction of sp³-hybridized carbons (Fsp3) is 0.273. The number of hydrogen-bond acceptors (Lipinski definition) is 3. The Hall–Kier alpha value is -1.16. The molecule has 0 spiro atoms. The van der Waals surface area contributed by atoms with Gasteiger partial charge in [0.15, 0.2) is 12.1 Å². The van der Waals surface area contributed by atoms with Crippen molar-refractivity contribution < 1.29 is 14.3 Å². The molecule has 0 heterocycles. The summed E-state index contributed by atoms with van der Waals surface area (Å²) in [6.07, 6.45) is 0.683. The van der Waals surface area contributed by atoms with Crippen LogP contribution in [0.25, 0.3) is 0 Å². The molecular weight excluding hydrogens is 260 g/mol. The minimum absolute atomic E-state index is 0.129. The summed E-state index contributed by atoms with van der Waals surface area (Å²) in [4.78, 5) is 22.3. The average Bonchev–Trinajstić information content (AvgIpc) is 2.27. The first-order chi connectivity index (χ1) is 7.13. The third kappa shape index (κ3) is 2.45. The Bertz CT molecular complexity index is 399. The smallest absolute Gasteiger partial charge is 0.174 e. The zero-order valence-electron chi connectivity index (χ0n) is 8.54. The van der Waals surface area contributed by atoms with Crippen molar-refractivity contribution in [2.75, 3.05) is 12.4 Å². The van der Waals surface area contributed by atoms with E-state index in [2.05, 4.69) is 15.9 Å². The minimum atomic E-state index is -0.129. The molecule has 0 amide bonds. The fourth-order valence-electron chi connectivity index (χ4n) is 1.34. The maximum Gasteiger partial charge on any atom is 0.174 e. The number of ketones is 1. The molecule has 0 N–H and O–H groups in total. The number of aldehydes is 1. The van der Waals surface area contributed by atoms with Crippen LogP contribution < -0.4 is 4.74 Å². The first-order valence-corrected chi connectivity index (χ1v) is 5.49. The van der Waals surface area contributed by atoms with Crippen LogP contribution >= 0.6 is 15.9 Å². The van der Waals surface area contributed by atoms with E-state index in [0.29, 0.717) is 23.2 Å². The number of hydrogen-bond donors (Lipinski definition) is 0. The van der Waals surface area contributed by atoms with E-state index in [4.69, 9.17) is 4.74 Å². The molecule has 1 aromatic rings. The van der Waals surface area contributed by atoms with Gasteiger partial charge < -0.3 is 4.74 Å². The molecule has 4 heteroatoms. The SMILES string of the molecule is COc1cc(C(=O)CBr)c(C=O)cc1C. The molecule has 80 valence electrons. The average molecular weight is 271 g/mol. The Balaban J connectivity index is 3.34. The van der Waals surface area contributed by atoms with Gasteiger partial charge in [-0.2, -0.15) is 0 Å². The molecule has 0 saturated carbocycles. The molecule has 0 unspecified atom stereocenters. The van der Waals surface area contributed by atoms with Crippen molar-refractivity contribution in [3.63, 3.8) is 0 Å². The molecule has 0 atom stereocenters. The number of rotatable bonds is 4. The Labute approximate surface area is 96.6 Å². The van der Waals surface area contributed by atoms with Crippen LogP contribution in [0.3, 0.4) is 0 Å². The summed E-state index contributed by atoms with van der Waals surface area (Å²) in [7, 11) is 1.53. The van der Waals surface area contributed by atoms with Crippen LogP contribution in [-0.4, -0.2) is 24.5 Å². The van der Waals surface area contributed by atoms with Gasteiger partial charge in [0.2, 0.25) is 0 Å². The van der Waals surface area contributed by atoms with E-state index >= 15 is 0 Å². The Morgan fingerprint density at radius 3 is 2.67 bits per heavy atom. The molecule has 0 radical (unpaired) electrons. The summed E-state index contributed by atoms with van der Waals surface area (Å²) < 4.78 is 5.10. The lowest BCUT2D eigenvalue weighted by Gasteiger charge is -2.08. The van der Waals surface area contributed by atoms with Crippen molar-refractivity contribution in [1.82, 2.24) is 0 Å². The molecular formula is C11H11BrO3. The van der Waals surface area contributed by atoms with Crippen molar-refractivity contribution >= 4 is 28.0 Å². The van der Waals surface area contributed by atoms with Crippen LogP contribution in [0, 0.1) is 6.92 Å². The van der Waals surface area contributed by atoms with Gasteiger partial charge in [-0.3, -0.25) is 9.59 Å². The van der Waals surface area contributed by atoms with E-state index < -0.39 is 0 Å². The van der Waals surface area contributed by atoms with E-state index in [9.17, 15) is 9.59 Å². The molecule has 0 aliphatic carbocycles. The molecule has 0 fully saturated rings. The first-order valence-electron chi connectivity index (χ1n) is 4.37. The van der Waals surface area contributed by atoms with E-state index in [-0.39, 0.29) is 11.1 Å². The molecule has 1 rings (SSSR count). The standard InChI is InChI=1S/C11H11BrO3/c1-7-3-8(6-13)9(10(14)5-12)4-11(7)15-2/h3-4,6H,5H2,1-2H3. The maximum absolute atomic E-state index is 11.5. The summed E-state index contributed by atoms with van der Waals surface area (Å²) in [5, 5.41) is 0.194. The molecule has 3 nitrogen and oxygen atoms in total. The second kappa shape index (κ2) is 5.07. The van der Waals surface area contributed by atoms with Crippen molar-refractivity contribution in [1.29, 1.82) is 0 Å². The molecule has 0 aliphatic rings. The zero-order valence-corrected chi connectivity index (χ0v) is 10.1. The number of aryl methyl sites for hydroxylation is 1. The lowest BCUT2D eigenvalue weighted by molar-refractivity contribution is 0.101. The third-order valence-corrected chi connectivity index (χ3v) is 2.63. The van der Waals surface area contributed by atoms with Crippen molar-refractivity contribution in [2.45, 2.75) is 6.92 Å². The lowest BCUT2D eigenvalue weighted by Crippen LogP contribution is -2.06. The highest BCUT2D eigenvalue weighted by Crippen LogP contribution is 2.22. The number of ether oxygens (including phenoxy) is 1. The number of Topliss-reactive ketones (excluding diaryl/α,β-unsaturated/α-hetero) is 1. The van der Waals surface area contributed by atoms with Crippen molar-refractivity contribution in [2.24, 2.45) is 0 Å². The second-order valence-electron chi connectivity index (χ2n) is 3.08. The van der Waals surface area contributed by atoms with Gasteiger partial charge in [0.05, 0.1) is 12.4 Å².